The van der Waals surface area contributed by atoms with Crippen LogP contribution in [0.5, 0.6) is 0 Å². The third kappa shape index (κ3) is 3.62. The van der Waals surface area contributed by atoms with Crippen molar-refractivity contribution in [1.82, 2.24) is 10.2 Å². The first-order chi connectivity index (χ1) is 13.6. The molecule has 28 heavy (non-hydrogen) atoms. The van der Waals surface area contributed by atoms with Gasteiger partial charge in [-0.05, 0) is 48.9 Å². The zero-order valence-corrected chi connectivity index (χ0v) is 15.1. The molecular weight excluding hydrogens is 360 g/mol. The van der Waals surface area contributed by atoms with Crippen LogP contribution in [-0.2, 0) is 0 Å². The van der Waals surface area contributed by atoms with Gasteiger partial charge < -0.3 is 9.73 Å². The SMILES string of the molecule is Cc1cc(F)ccc1N[C@H](c1nnc(-c2ccccc2)o1)c1ccccc1F. The van der Waals surface area contributed by atoms with Crippen LogP contribution < -0.4 is 5.32 Å². The van der Waals surface area contributed by atoms with Crippen molar-refractivity contribution in [1.29, 1.82) is 0 Å². The molecule has 0 amide bonds. The first kappa shape index (κ1) is 17.9. The molecule has 0 bridgehead atoms. The minimum Gasteiger partial charge on any atom is -0.418 e. The van der Waals surface area contributed by atoms with E-state index >= 15 is 0 Å². The number of nitrogens with zero attached hydrogens (tertiary/aromatic N) is 2. The van der Waals surface area contributed by atoms with Crippen molar-refractivity contribution in [3.05, 3.63) is 101 Å². The third-order valence-corrected chi connectivity index (χ3v) is 4.41. The Labute approximate surface area is 160 Å². The Morgan fingerprint density at radius 3 is 2.39 bits per heavy atom. The van der Waals surface area contributed by atoms with E-state index in [9.17, 15) is 8.78 Å². The van der Waals surface area contributed by atoms with Gasteiger partial charge in [-0.2, -0.15) is 0 Å². The smallest absolute Gasteiger partial charge is 0.247 e. The Bertz CT molecular complexity index is 1100. The topological polar surface area (TPSA) is 51.0 Å². The number of benzene rings is 3. The van der Waals surface area contributed by atoms with Crippen molar-refractivity contribution in [3.8, 4) is 11.5 Å². The molecule has 1 N–H and O–H groups in total. The van der Waals surface area contributed by atoms with E-state index in [2.05, 4.69) is 15.5 Å². The van der Waals surface area contributed by atoms with E-state index in [-0.39, 0.29) is 11.7 Å². The standard InChI is InChI=1S/C22H17F2N3O/c1-14-13-16(23)11-12-19(14)25-20(17-9-5-6-10-18(17)24)22-27-26-21(28-22)15-7-3-2-4-8-15/h2-13,20,25H,1H3/t20-/m0/s1. The predicted molar refractivity (Wildman–Crippen MR) is 103 cm³/mol. The molecule has 0 aliphatic heterocycles. The van der Waals surface area contributed by atoms with Crippen LogP contribution in [0.1, 0.15) is 23.1 Å². The zero-order valence-electron chi connectivity index (χ0n) is 15.1. The monoisotopic (exact) mass is 377 g/mol. The number of rotatable bonds is 5. The molecule has 3 aromatic carbocycles. The summed E-state index contributed by atoms with van der Waals surface area (Å²) in [6, 6.07) is 19.3. The van der Waals surface area contributed by atoms with Crippen molar-refractivity contribution in [2.45, 2.75) is 13.0 Å². The molecule has 0 saturated heterocycles. The quantitative estimate of drug-likeness (QED) is 0.497. The first-order valence-corrected chi connectivity index (χ1v) is 8.78. The van der Waals surface area contributed by atoms with E-state index in [0.717, 1.165) is 5.56 Å². The Kier molecular flexibility index (Phi) is 4.85. The minimum absolute atomic E-state index is 0.215. The molecule has 0 radical (unpaired) electrons. The lowest BCUT2D eigenvalue weighted by Crippen LogP contribution is -2.15. The maximum Gasteiger partial charge on any atom is 0.247 e. The number of hydrogen-bond donors (Lipinski definition) is 1. The summed E-state index contributed by atoms with van der Waals surface area (Å²) < 4.78 is 33.8. The van der Waals surface area contributed by atoms with Gasteiger partial charge in [-0.15, -0.1) is 10.2 Å². The summed E-state index contributed by atoms with van der Waals surface area (Å²) in [7, 11) is 0. The van der Waals surface area contributed by atoms with Crippen molar-refractivity contribution in [2.24, 2.45) is 0 Å². The molecule has 4 rings (SSSR count). The molecule has 0 spiro atoms. The van der Waals surface area contributed by atoms with Gasteiger partial charge in [-0.1, -0.05) is 36.4 Å². The number of nitrogens with one attached hydrogen (secondary N) is 1. The van der Waals surface area contributed by atoms with Crippen LogP contribution in [0.4, 0.5) is 14.5 Å². The van der Waals surface area contributed by atoms with E-state index in [4.69, 9.17) is 4.42 Å². The van der Waals surface area contributed by atoms with Crippen molar-refractivity contribution in [2.75, 3.05) is 5.32 Å². The minimum atomic E-state index is -0.727. The average molecular weight is 377 g/mol. The largest absolute Gasteiger partial charge is 0.418 e. The highest BCUT2D eigenvalue weighted by atomic mass is 19.1. The van der Waals surface area contributed by atoms with Gasteiger partial charge in [0, 0.05) is 16.8 Å². The van der Waals surface area contributed by atoms with Crippen molar-refractivity contribution in [3.63, 3.8) is 0 Å². The fourth-order valence-electron chi connectivity index (χ4n) is 2.97. The molecule has 1 heterocycles. The van der Waals surface area contributed by atoms with E-state index in [1.54, 1.807) is 31.2 Å². The van der Waals surface area contributed by atoms with Crippen LogP contribution in [0.2, 0.25) is 0 Å². The molecule has 1 aromatic heterocycles. The molecule has 4 aromatic rings. The summed E-state index contributed by atoms with van der Waals surface area (Å²) in [6.07, 6.45) is 0. The second-order valence-electron chi connectivity index (χ2n) is 6.37. The molecular formula is C22H17F2N3O. The fraction of sp³-hybridized carbons (Fsp3) is 0.0909. The summed E-state index contributed by atoms with van der Waals surface area (Å²) in [4.78, 5) is 0. The third-order valence-electron chi connectivity index (χ3n) is 4.41. The highest BCUT2D eigenvalue weighted by molar-refractivity contribution is 5.55. The molecule has 0 fully saturated rings. The van der Waals surface area contributed by atoms with Crippen LogP contribution in [0, 0.1) is 18.6 Å². The summed E-state index contributed by atoms with van der Waals surface area (Å²) in [5, 5.41) is 11.4. The van der Waals surface area contributed by atoms with Gasteiger partial charge in [0.25, 0.3) is 0 Å². The zero-order chi connectivity index (χ0) is 19.5. The maximum absolute atomic E-state index is 14.5. The predicted octanol–water partition coefficient (Wildman–Crippen LogP) is 5.52. The van der Waals surface area contributed by atoms with E-state index in [1.165, 1.54) is 18.2 Å². The van der Waals surface area contributed by atoms with Crippen LogP contribution in [0.15, 0.2) is 77.2 Å². The second-order valence-corrected chi connectivity index (χ2v) is 6.37. The molecule has 6 heteroatoms. The lowest BCUT2D eigenvalue weighted by atomic mass is 10.0. The van der Waals surface area contributed by atoms with E-state index < -0.39 is 11.9 Å². The van der Waals surface area contributed by atoms with Gasteiger partial charge in [0.1, 0.15) is 17.7 Å². The van der Waals surface area contributed by atoms with Gasteiger partial charge in [0.05, 0.1) is 0 Å². The number of anilines is 1. The van der Waals surface area contributed by atoms with E-state index in [0.29, 0.717) is 22.7 Å². The molecule has 0 saturated carbocycles. The highest BCUT2D eigenvalue weighted by Gasteiger charge is 2.24. The van der Waals surface area contributed by atoms with Gasteiger partial charge >= 0.3 is 0 Å². The summed E-state index contributed by atoms with van der Waals surface area (Å²) >= 11 is 0. The average Bonchev–Trinajstić information content (AvgIpc) is 3.19. The van der Waals surface area contributed by atoms with Crippen LogP contribution in [-0.4, -0.2) is 10.2 Å². The molecule has 1 atom stereocenters. The molecule has 0 unspecified atom stereocenters. The van der Waals surface area contributed by atoms with Gasteiger partial charge in [0.15, 0.2) is 0 Å². The van der Waals surface area contributed by atoms with Crippen LogP contribution in [0.25, 0.3) is 11.5 Å². The number of aryl methyl sites for hydroxylation is 1. The number of hydrogen-bond acceptors (Lipinski definition) is 4. The van der Waals surface area contributed by atoms with Gasteiger partial charge in [-0.25, -0.2) is 8.78 Å². The Morgan fingerprint density at radius 2 is 1.64 bits per heavy atom. The van der Waals surface area contributed by atoms with Crippen LogP contribution >= 0.6 is 0 Å². The van der Waals surface area contributed by atoms with Gasteiger partial charge in [0.2, 0.25) is 11.8 Å². The summed E-state index contributed by atoms with van der Waals surface area (Å²) in [5.41, 5.74) is 2.46. The lowest BCUT2D eigenvalue weighted by Gasteiger charge is -2.19. The Balaban J connectivity index is 1.76. The Morgan fingerprint density at radius 1 is 0.893 bits per heavy atom. The normalized spacial score (nSPS) is 12.0. The molecule has 0 aliphatic rings. The van der Waals surface area contributed by atoms with Gasteiger partial charge in [-0.3, -0.25) is 0 Å². The fourth-order valence-corrected chi connectivity index (χ4v) is 2.97. The summed E-state index contributed by atoms with van der Waals surface area (Å²) in [6.45, 7) is 1.77. The second kappa shape index (κ2) is 7.60. The molecule has 4 nitrogen and oxygen atoms in total. The molecule has 140 valence electrons. The highest BCUT2D eigenvalue weighted by Crippen LogP contribution is 2.31. The molecule has 0 aliphatic carbocycles. The summed E-state index contributed by atoms with van der Waals surface area (Å²) in [5.74, 6) is -0.184. The van der Waals surface area contributed by atoms with Crippen LogP contribution in [0.3, 0.4) is 0 Å². The number of halogens is 2. The van der Waals surface area contributed by atoms with E-state index in [1.807, 2.05) is 30.3 Å². The first-order valence-electron chi connectivity index (χ1n) is 8.78. The lowest BCUT2D eigenvalue weighted by molar-refractivity contribution is 0.485. The number of aromatic nitrogens is 2. The van der Waals surface area contributed by atoms with Crippen molar-refractivity contribution >= 4 is 5.69 Å². The van der Waals surface area contributed by atoms with Crippen molar-refractivity contribution < 1.29 is 13.2 Å². The Hall–Kier alpha value is -3.54. The maximum atomic E-state index is 14.5.